The molecule has 0 amide bonds. The molecule has 14 heavy (non-hydrogen) atoms. The van der Waals surface area contributed by atoms with Gasteiger partial charge in [0, 0.05) is 0 Å². The molecular weight excluding hydrogens is 176 g/mol. The third kappa shape index (κ3) is 2.06. The monoisotopic (exact) mass is 190 g/mol. The highest BCUT2D eigenvalue weighted by Crippen LogP contribution is 2.10. The van der Waals surface area contributed by atoms with Crippen molar-refractivity contribution in [3.05, 3.63) is 47.9 Å². The van der Waals surface area contributed by atoms with Crippen LogP contribution in [0.5, 0.6) is 0 Å². The van der Waals surface area contributed by atoms with Crippen LogP contribution in [0.3, 0.4) is 0 Å². The van der Waals surface area contributed by atoms with Gasteiger partial charge in [0.05, 0.1) is 12.2 Å². The molecule has 1 aliphatic rings. The van der Waals surface area contributed by atoms with E-state index in [-0.39, 0.29) is 6.04 Å². The summed E-state index contributed by atoms with van der Waals surface area (Å²) in [6.45, 7) is 2.68. The van der Waals surface area contributed by atoms with Crippen molar-refractivity contribution in [2.24, 2.45) is 0 Å². The number of benzene rings is 1. The molecule has 0 fully saturated rings. The van der Waals surface area contributed by atoms with Crippen LogP contribution in [0.1, 0.15) is 12.5 Å². The van der Waals surface area contributed by atoms with Gasteiger partial charge in [-0.25, -0.2) is 5.43 Å². The molecule has 0 bridgehead atoms. The van der Waals surface area contributed by atoms with Gasteiger partial charge >= 0.3 is 0 Å². The summed E-state index contributed by atoms with van der Waals surface area (Å²) in [5.41, 5.74) is 7.15. The quantitative estimate of drug-likeness (QED) is 0.758. The highest BCUT2D eigenvalue weighted by molar-refractivity contribution is 5.14. The van der Waals surface area contributed by atoms with Gasteiger partial charge in [-0.05, 0) is 12.5 Å². The van der Waals surface area contributed by atoms with E-state index in [0.717, 1.165) is 5.76 Å². The highest BCUT2D eigenvalue weighted by Gasteiger charge is 2.14. The first-order valence-electron chi connectivity index (χ1n) is 4.74. The average molecular weight is 190 g/mol. The van der Waals surface area contributed by atoms with Gasteiger partial charge in [-0.15, -0.1) is 0 Å². The van der Waals surface area contributed by atoms with E-state index in [4.69, 9.17) is 4.74 Å². The van der Waals surface area contributed by atoms with E-state index in [1.54, 1.807) is 0 Å². The van der Waals surface area contributed by atoms with Crippen LogP contribution in [0.25, 0.3) is 0 Å². The number of rotatable bonds is 3. The Morgan fingerprint density at radius 2 is 2.07 bits per heavy atom. The number of ether oxygens (including phenoxy) is 1. The summed E-state index contributed by atoms with van der Waals surface area (Å²) in [4.78, 5) is 0. The predicted octanol–water partition coefficient (Wildman–Crippen LogP) is 1.54. The molecule has 0 radical (unpaired) electrons. The number of hydrogen-bond acceptors (Lipinski definition) is 3. The zero-order chi connectivity index (χ0) is 9.80. The lowest BCUT2D eigenvalue weighted by Gasteiger charge is -2.10. The third-order valence-electron chi connectivity index (χ3n) is 2.19. The fourth-order valence-corrected chi connectivity index (χ4v) is 1.34. The first kappa shape index (κ1) is 9.09. The van der Waals surface area contributed by atoms with Crippen molar-refractivity contribution in [1.29, 1.82) is 0 Å². The van der Waals surface area contributed by atoms with Crippen molar-refractivity contribution in [3.63, 3.8) is 0 Å². The molecule has 0 aliphatic carbocycles. The normalized spacial score (nSPS) is 20.1. The van der Waals surface area contributed by atoms with Gasteiger partial charge in [-0.3, -0.25) is 0 Å². The van der Waals surface area contributed by atoms with Crippen LogP contribution in [0, 0.1) is 0 Å². The standard InChI is InChI=1S/C11H14N2O/c1-9-11(7-12-13-9)14-8-10-5-3-2-4-6-10/h2-7,9,12-13H,8H2,1H3. The molecule has 3 heteroatoms. The van der Waals surface area contributed by atoms with E-state index in [1.807, 2.05) is 24.4 Å². The first-order valence-corrected chi connectivity index (χ1v) is 4.74. The van der Waals surface area contributed by atoms with Gasteiger partial charge in [-0.2, -0.15) is 0 Å². The molecular formula is C11H14N2O. The Hall–Kier alpha value is -1.48. The Bertz CT molecular complexity index is 321. The van der Waals surface area contributed by atoms with E-state index in [0.29, 0.717) is 6.61 Å². The Balaban J connectivity index is 1.89. The average Bonchev–Trinajstić information content (AvgIpc) is 2.63. The van der Waals surface area contributed by atoms with Gasteiger partial charge in [0.2, 0.25) is 0 Å². The minimum atomic E-state index is 0.249. The Kier molecular flexibility index (Phi) is 2.70. The number of hydrogen-bond donors (Lipinski definition) is 2. The topological polar surface area (TPSA) is 33.3 Å². The summed E-state index contributed by atoms with van der Waals surface area (Å²) >= 11 is 0. The van der Waals surface area contributed by atoms with Crippen LogP contribution >= 0.6 is 0 Å². The van der Waals surface area contributed by atoms with Crippen molar-refractivity contribution < 1.29 is 4.74 Å². The minimum Gasteiger partial charge on any atom is -0.490 e. The zero-order valence-electron chi connectivity index (χ0n) is 8.16. The minimum absolute atomic E-state index is 0.249. The molecule has 1 atom stereocenters. The van der Waals surface area contributed by atoms with Crippen molar-refractivity contribution in [1.82, 2.24) is 10.9 Å². The molecule has 0 saturated heterocycles. The summed E-state index contributed by atoms with van der Waals surface area (Å²) in [6, 6.07) is 10.4. The molecule has 0 spiro atoms. The van der Waals surface area contributed by atoms with Crippen LogP contribution in [-0.2, 0) is 11.3 Å². The van der Waals surface area contributed by atoms with Crippen LogP contribution in [0.15, 0.2) is 42.3 Å². The summed E-state index contributed by atoms with van der Waals surface area (Å²) in [7, 11) is 0. The Morgan fingerprint density at radius 1 is 1.29 bits per heavy atom. The third-order valence-corrected chi connectivity index (χ3v) is 2.19. The second kappa shape index (κ2) is 4.15. The molecule has 2 rings (SSSR count). The lowest BCUT2D eigenvalue weighted by atomic mass is 10.2. The van der Waals surface area contributed by atoms with Crippen LogP contribution < -0.4 is 10.9 Å². The lowest BCUT2D eigenvalue weighted by Crippen LogP contribution is -2.29. The van der Waals surface area contributed by atoms with E-state index >= 15 is 0 Å². The second-order valence-electron chi connectivity index (χ2n) is 3.33. The molecule has 74 valence electrons. The van der Waals surface area contributed by atoms with Crippen LogP contribution in [-0.4, -0.2) is 6.04 Å². The maximum Gasteiger partial charge on any atom is 0.132 e. The predicted molar refractivity (Wildman–Crippen MR) is 55.0 cm³/mol. The SMILES string of the molecule is CC1NNC=C1OCc1ccccc1. The molecule has 1 unspecified atom stereocenters. The molecule has 1 aromatic carbocycles. The molecule has 1 heterocycles. The summed E-state index contributed by atoms with van der Waals surface area (Å²) in [5.74, 6) is 0.953. The van der Waals surface area contributed by atoms with E-state index in [1.165, 1.54) is 5.56 Å². The fraction of sp³-hybridized carbons (Fsp3) is 0.273. The molecule has 1 aliphatic heterocycles. The van der Waals surface area contributed by atoms with Gasteiger partial charge in [-0.1, -0.05) is 30.3 Å². The van der Waals surface area contributed by atoms with Gasteiger partial charge in [0.15, 0.2) is 0 Å². The summed E-state index contributed by atoms with van der Waals surface area (Å²) < 4.78 is 5.64. The van der Waals surface area contributed by atoms with Gasteiger partial charge < -0.3 is 10.2 Å². The van der Waals surface area contributed by atoms with E-state index in [9.17, 15) is 0 Å². The van der Waals surface area contributed by atoms with Gasteiger partial charge in [0.1, 0.15) is 12.4 Å². The lowest BCUT2D eigenvalue weighted by molar-refractivity contribution is 0.183. The zero-order valence-corrected chi connectivity index (χ0v) is 8.16. The van der Waals surface area contributed by atoms with Crippen LogP contribution in [0.2, 0.25) is 0 Å². The highest BCUT2D eigenvalue weighted by atomic mass is 16.5. The molecule has 3 nitrogen and oxygen atoms in total. The Morgan fingerprint density at radius 3 is 2.71 bits per heavy atom. The van der Waals surface area contributed by atoms with Crippen molar-refractivity contribution in [2.75, 3.05) is 0 Å². The summed E-state index contributed by atoms with van der Waals surface area (Å²) in [6.07, 6.45) is 1.85. The van der Waals surface area contributed by atoms with Crippen molar-refractivity contribution >= 4 is 0 Å². The Labute approximate surface area is 83.7 Å². The maximum absolute atomic E-state index is 5.64. The first-order chi connectivity index (χ1) is 6.86. The molecule has 2 N–H and O–H groups in total. The molecule has 1 aromatic rings. The van der Waals surface area contributed by atoms with E-state index in [2.05, 4.69) is 29.9 Å². The number of hydrazine groups is 1. The smallest absolute Gasteiger partial charge is 0.132 e. The molecule has 0 saturated carbocycles. The largest absolute Gasteiger partial charge is 0.490 e. The molecule has 0 aromatic heterocycles. The van der Waals surface area contributed by atoms with Crippen molar-refractivity contribution in [3.8, 4) is 0 Å². The van der Waals surface area contributed by atoms with Crippen molar-refractivity contribution in [2.45, 2.75) is 19.6 Å². The summed E-state index contributed by atoms with van der Waals surface area (Å²) in [5, 5.41) is 0. The second-order valence-corrected chi connectivity index (χ2v) is 3.33. The fourth-order valence-electron chi connectivity index (χ4n) is 1.34. The maximum atomic E-state index is 5.64. The van der Waals surface area contributed by atoms with Crippen LogP contribution in [0.4, 0.5) is 0 Å². The van der Waals surface area contributed by atoms with E-state index < -0.39 is 0 Å². The number of nitrogens with one attached hydrogen (secondary N) is 2. The van der Waals surface area contributed by atoms with Gasteiger partial charge in [0.25, 0.3) is 0 Å².